The van der Waals surface area contributed by atoms with Crippen LogP contribution >= 0.6 is 0 Å². The second kappa shape index (κ2) is 7.43. The number of carbonyl (C=O) groups excluding carboxylic acids is 1. The SMILES string of the molecule is CCC[Si](C)(C)OC(=O)c1ccccc1S(=O)(=O)O.[Li]. The molecular formula is C12H18LiO5SSi. The summed E-state index contributed by atoms with van der Waals surface area (Å²) in [5.74, 6) is -0.696. The van der Waals surface area contributed by atoms with E-state index in [1.165, 1.54) is 24.3 Å². The Morgan fingerprint density at radius 1 is 1.30 bits per heavy atom. The molecule has 1 aromatic rings. The topological polar surface area (TPSA) is 80.7 Å². The van der Waals surface area contributed by atoms with Gasteiger partial charge in [0.25, 0.3) is 10.1 Å². The van der Waals surface area contributed by atoms with Crippen molar-refractivity contribution >= 4 is 43.3 Å². The summed E-state index contributed by atoms with van der Waals surface area (Å²) in [6, 6.07) is 6.28. The van der Waals surface area contributed by atoms with Crippen LogP contribution in [0.15, 0.2) is 29.2 Å². The molecule has 0 unspecified atom stereocenters. The van der Waals surface area contributed by atoms with Gasteiger partial charge in [-0.2, -0.15) is 8.42 Å². The third-order valence-electron chi connectivity index (χ3n) is 2.61. The minimum absolute atomic E-state index is 0. The van der Waals surface area contributed by atoms with E-state index in [-0.39, 0.29) is 24.4 Å². The number of hydrogen-bond donors (Lipinski definition) is 1. The summed E-state index contributed by atoms with van der Waals surface area (Å²) >= 11 is 0. The molecule has 107 valence electrons. The Kier molecular flexibility index (Phi) is 7.21. The maximum atomic E-state index is 12.0. The number of hydrogen-bond acceptors (Lipinski definition) is 4. The molecule has 0 aromatic heterocycles. The van der Waals surface area contributed by atoms with E-state index in [1.807, 2.05) is 20.0 Å². The molecule has 0 bridgehead atoms. The van der Waals surface area contributed by atoms with Crippen molar-refractivity contribution in [3.8, 4) is 0 Å². The summed E-state index contributed by atoms with van der Waals surface area (Å²) in [5, 5.41) is 0. The van der Waals surface area contributed by atoms with Gasteiger partial charge in [-0.05, 0) is 31.3 Å². The Hall–Kier alpha value is -0.586. The van der Waals surface area contributed by atoms with Gasteiger partial charge < -0.3 is 4.43 Å². The van der Waals surface area contributed by atoms with Crippen molar-refractivity contribution in [3.05, 3.63) is 29.8 Å². The molecule has 1 aromatic carbocycles. The molecular weight excluding hydrogens is 291 g/mol. The zero-order valence-corrected chi connectivity index (χ0v) is 14.0. The van der Waals surface area contributed by atoms with E-state index in [4.69, 9.17) is 8.98 Å². The third kappa shape index (κ3) is 5.42. The minimum atomic E-state index is -4.43. The van der Waals surface area contributed by atoms with E-state index in [9.17, 15) is 13.2 Å². The maximum Gasteiger partial charge on any atom is 0.326 e. The van der Waals surface area contributed by atoms with Gasteiger partial charge in [0.05, 0.1) is 5.56 Å². The number of benzene rings is 1. The van der Waals surface area contributed by atoms with Crippen LogP contribution in [0.4, 0.5) is 0 Å². The molecule has 0 saturated carbocycles. The first-order valence-corrected chi connectivity index (χ1v) is 10.5. The summed E-state index contributed by atoms with van der Waals surface area (Å²) in [6.45, 7) is 5.78. The van der Waals surface area contributed by atoms with Crippen molar-refractivity contribution in [2.45, 2.75) is 37.4 Å². The fourth-order valence-electron chi connectivity index (χ4n) is 1.82. The molecule has 0 atom stereocenters. The Bertz CT molecular complexity index is 571. The predicted octanol–water partition coefficient (Wildman–Crippen LogP) is 2.32. The summed E-state index contributed by atoms with van der Waals surface area (Å²) in [6.07, 6.45) is 0.895. The van der Waals surface area contributed by atoms with E-state index in [2.05, 4.69) is 0 Å². The van der Waals surface area contributed by atoms with E-state index in [1.54, 1.807) is 0 Å². The van der Waals surface area contributed by atoms with Gasteiger partial charge in [0, 0.05) is 18.9 Å². The summed E-state index contributed by atoms with van der Waals surface area (Å²) in [5.41, 5.74) is -0.123. The van der Waals surface area contributed by atoms with Crippen LogP contribution in [0.1, 0.15) is 23.7 Å². The predicted molar refractivity (Wildman–Crippen MR) is 80.0 cm³/mol. The normalized spacial score (nSPS) is 11.6. The molecule has 5 nitrogen and oxygen atoms in total. The molecule has 0 spiro atoms. The van der Waals surface area contributed by atoms with Crippen LogP contribution in [0.2, 0.25) is 19.1 Å². The van der Waals surface area contributed by atoms with Gasteiger partial charge in [-0.1, -0.05) is 25.5 Å². The quantitative estimate of drug-likeness (QED) is 0.667. The smallest absolute Gasteiger partial charge is 0.326 e. The molecule has 0 heterocycles. The summed E-state index contributed by atoms with van der Waals surface area (Å²) < 4.78 is 36.9. The zero-order valence-electron chi connectivity index (χ0n) is 12.2. The van der Waals surface area contributed by atoms with Crippen molar-refractivity contribution in [2.75, 3.05) is 0 Å². The van der Waals surface area contributed by atoms with Crippen LogP contribution < -0.4 is 0 Å². The van der Waals surface area contributed by atoms with Crippen molar-refractivity contribution in [3.63, 3.8) is 0 Å². The van der Waals surface area contributed by atoms with E-state index < -0.39 is 29.3 Å². The van der Waals surface area contributed by atoms with Gasteiger partial charge in [0.2, 0.25) is 8.32 Å². The number of rotatable bonds is 5. The largest absolute Gasteiger partial charge is 0.516 e. The van der Waals surface area contributed by atoms with Gasteiger partial charge in [0.15, 0.2) is 0 Å². The molecule has 0 aliphatic carbocycles. The second-order valence-corrected chi connectivity index (χ2v) is 10.5. The van der Waals surface area contributed by atoms with E-state index in [0.29, 0.717) is 0 Å². The first-order chi connectivity index (χ1) is 8.67. The van der Waals surface area contributed by atoms with Crippen LogP contribution in [0.5, 0.6) is 0 Å². The van der Waals surface area contributed by atoms with Crippen molar-refractivity contribution in [1.82, 2.24) is 0 Å². The van der Waals surface area contributed by atoms with Crippen LogP contribution in [-0.4, -0.2) is 46.1 Å². The molecule has 20 heavy (non-hydrogen) atoms. The fraction of sp³-hybridized carbons (Fsp3) is 0.417. The number of carbonyl (C=O) groups is 1. The van der Waals surface area contributed by atoms with Gasteiger partial charge >= 0.3 is 5.97 Å². The summed E-state index contributed by atoms with van der Waals surface area (Å²) in [7, 11) is -6.59. The van der Waals surface area contributed by atoms with Crippen molar-refractivity contribution < 1.29 is 22.2 Å². The molecule has 1 rings (SSSR count). The van der Waals surface area contributed by atoms with Gasteiger partial charge in [-0.3, -0.25) is 4.55 Å². The fourth-order valence-corrected chi connectivity index (χ4v) is 4.42. The van der Waals surface area contributed by atoms with Crippen LogP contribution in [0, 0.1) is 0 Å². The zero-order chi connectivity index (χ0) is 14.7. The molecule has 0 aliphatic rings. The van der Waals surface area contributed by atoms with Crippen LogP contribution in [0.3, 0.4) is 0 Å². The Balaban J connectivity index is 0.00000361. The minimum Gasteiger partial charge on any atom is -0.516 e. The Labute approximate surface area is 132 Å². The van der Waals surface area contributed by atoms with E-state index >= 15 is 0 Å². The van der Waals surface area contributed by atoms with Crippen LogP contribution in [0.25, 0.3) is 0 Å². The monoisotopic (exact) mass is 309 g/mol. The average Bonchev–Trinajstić information content (AvgIpc) is 2.27. The van der Waals surface area contributed by atoms with Crippen molar-refractivity contribution in [1.29, 1.82) is 0 Å². The van der Waals surface area contributed by atoms with Gasteiger partial charge in [0.1, 0.15) is 4.90 Å². The molecule has 0 amide bonds. The first kappa shape index (κ1) is 19.4. The Morgan fingerprint density at radius 3 is 2.35 bits per heavy atom. The summed E-state index contributed by atoms with van der Waals surface area (Å²) in [4.78, 5) is 11.6. The molecule has 0 fully saturated rings. The van der Waals surface area contributed by atoms with E-state index in [0.717, 1.165) is 12.5 Å². The molecule has 8 heteroatoms. The average molecular weight is 309 g/mol. The second-order valence-electron chi connectivity index (χ2n) is 4.87. The standard InChI is InChI=1S/C12H18O5SSi.Li/c1-4-9-19(2,3)17-12(13)10-7-5-6-8-11(10)18(14,15)16;/h5-8H,4,9H2,1-3H3,(H,14,15,16);. The van der Waals surface area contributed by atoms with Gasteiger partial charge in [-0.25, -0.2) is 4.79 Å². The molecule has 1 radical (unpaired) electrons. The molecule has 0 saturated heterocycles. The molecule has 1 N–H and O–H groups in total. The van der Waals surface area contributed by atoms with Gasteiger partial charge in [-0.15, -0.1) is 0 Å². The Morgan fingerprint density at radius 2 is 1.85 bits per heavy atom. The van der Waals surface area contributed by atoms with Crippen LogP contribution in [-0.2, 0) is 14.5 Å². The third-order valence-corrected chi connectivity index (χ3v) is 5.96. The maximum absolute atomic E-state index is 12.0. The van der Waals surface area contributed by atoms with Crippen molar-refractivity contribution in [2.24, 2.45) is 0 Å². The molecule has 0 aliphatic heterocycles. The first-order valence-electron chi connectivity index (χ1n) is 5.97.